The highest BCUT2D eigenvalue weighted by Gasteiger charge is 2.18. The van der Waals surface area contributed by atoms with E-state index in [1.807, 2.05) is 56.4 Å². The normalized spacial score (nSPS) is 14.8. The summed E-state index contributed by atoms with van der Waals surface area (Å²) in [4.78, 5) is 24.0. The van der Waals surface area contributed by atoms with Crippen LogP contribution >= 0.6 is 0 Å². The summed E-state index contributed by atoms with van der Waals surface area (Å²) in [5.41, 5.74) is 4.61. The molecule has 1 aliphatic carbocycles. The number of allylic oxidation sites excluding steroid dienone is 6. The van der Waals surface area contributed by atoms with E-state index in [9.17, 15) is 4.79 Å². The molecule has 0 saturated heterocycles. The summed E-state index contributed by atoms with van der Waals surface area (Å²) in [5, 5.41) is 3.08. The van der Waals surface area contributed by atoms with E-state index >= 15 is 0 Å². The zero-order valence-electron chi connectivity index (χ0n) is 18.7. The fourth-order valence-electron chi connectivity index (χ4n) is 3.29. The van der Waals surface area contributed by atoms with Gasteiger partial charge < -0.3 is 14.6 Å². The summed E-state index contributed by atoms with van der Waals surface area (Å²) < 4.78 is 5.93. The number of carbonyl (C=O) groups is 1. The molecule has 1 N–H and O–H groups in total. The lowest BCUT2D eigenvalue weighted by atomic mass is 10.1. The van der Waals surface area contributed by atoms with Crippen LogP contribution in [-0.4, -0.2) is 34.4 Å². The van der Waals surface area contributed by atoms with Crippen molar-refractivity contribution in [1.82, 2.24) is 20.2 Å². The quantitative estimate of drug-likeness (QED) is 0.601. The number of hydrogen-bond acceptors (Lipinski definition) is 5. The van der Waals surface area contributed by atoms with E-state index in [4.69, 9.17) is 4.42 Å². The third kappa shape index (κ3) is 5.40. The summed E-state index contributed by atoms with van der Waals surface area (Å²) in [7, 11) is 2.05. The van der Waals surface area contributed by atoms with Crippen molar-refractivity contribution >= 4 is 22.6 Å². The van der Waals surface area contributed by atoms with Crippen molar-refractivity contribution in [2.45, 2.75) is 40.0 Å². The Balaban J connectivity index is 1.89. The van der Waals surface area contributed by atoms with Gasteiger partial charge in [-0.25, -0.2) is 4.98 Å². The third-order valence-electron chi connectivity index (χ3n) is 5.08. The molecule has 0 aliphatic heterocycles. The van der Waals surface area contributed by atoms with Crippen molar-refractivity contribution in [3.63, 3.8) is 0 Å². The first-order valence-corrected chi connectivity index (χ1v) is 10.8. The highest BCUT2D eigenvalue weighted by Crippen LogP contribution is 2.26. The second kappa shape index (κ2) is 10.6. The molecule has 2 heterocycles. The Kier molecular flexibility index (Phi) is 7.60. The lowest BCUT2D eigenvalue weighted by Crippen LogP contribution is -2.24. The number of pyridine rings is 1. The number of hydrogen-bond donors (Lipinski definition) is 1. The van der Waals surface area contributed by atoms with E-state index in [1.54, 1.807) is 12.4 Å². The summed E-state index contributed by atoms with van der Waals surface area (Å²) in [5.74, 6) is 0.314. The van der Waals surface area contributed by atoms with Gasteiger partial charge in [0.1, 0.15) is 5.52 Å². The van der Waals surface area contributed by atoms with Gasteiger partial charge in [0.25, 0.3) is 5.91 Å². The molecule has 0 unspecified atom stereocenters. The van der Waals surface area contributed by atoms with Crippen LogP contribution in [0.3, 0.4) is 0 Å². The van der Waals surface area contributed by atoms with E-state index in [1.165, 1.54) is 5.70 Å². The summed E-state index contributed by atoms with van der Waals surface area (Å²) in [6, 6.07) is 1.81. The molecular formula is C25H30N4O2. The maximum absolute atomic E-state index is 13.1. The molecule has 3 rings (SSSR count). The van der Waals surface area contributed by atoms with Gasteiger partial charge in [-0.1, -0.05) is 38.2 Å². The molecule has 1 aliphatic rings. The topological polar surface area (TPSA) is 71.3 Å². The minimum atomic E-state index is -0.160. The fourth-order valence-corrected chi connectivity index (χ4v) is 3.29. The molecule has 0 bridgehead atoms. The van der Waals surface area contributed by atoms with Crippen molar-refractivity contribution in [1.29, 1.82) is 0 Å². The van der Waals surface area contributed by atoms with Crippen molar-refractivity contribution in [2.24, 2.45) is 0 Å². The van der Waals surface area contributed by atoms with Crippen molar-refractivity contribution < 1.29 is 9.21 Å². The molecule has 2 aromatic heterocycles. The molecule has 0 fully saturated rings. The van der Waals surface area contributed by atoms with Gasteiger partial charge in [0, 0.05) is 43.2 Å². The van der Waals surface area contributed by atoms with Crippen LogP contribution in [0.5, 0.6) is 0 Å². The molecule has 0 atom stereocenters. The first-order valence-electron chi connectivity index (χ1n) is 10.8. The van der Waals surface area contributed by atoms with Crippen LogP contribution in [0.1, 0.15) is 45.9 Å². The van der Waals surface area contributed by atoms with Crippen molar-refractivity contribution in [3.8, 4) is 0 Å². The molecule has 0 saturated carbocycles. The number of nitrogens with zero attached hydrogens (tertiary/aromatic N) is 3. The predicted molar refractivity (Wildman–Crippen MR) is 125 cm³/mol. The third-order valence-corrected chi connectivity index (χ3v) is 5.08. The second-order valence-electron chi connectivity index (χ2n) is 7.27. The van der Waals surface area contributed by atoms with Crippen LogP contribution in [0, 0.1) is 0 Å². The molecule has 6 heteroatoms. The summed E-state index contributed by atoms with van der Waals surface area (Å²) >= 11 is 0. The van der Waals surface area contributed by atoms with E-state index in [0.29, 0.717) is 22.7 Å². The Hall–Kier alpha value is -3.41. The van der Waals surface area contributed by atoms with Crippen LogP contribution in [0.25, 0.3) is 16.7 Å². The highest BCUT2D eigenvalue weighted by molar-refractivity contribution is 5.99. The maximum Gasteiger partial charge on any atom is 0.255 e. The molecule has 162 valence electrons. The molecule has 0 aromatic carbocycles. The van der Waals surface area contributed by atoms with Gasteiger partial charge in [-0.3, -0.25) is 9.78 Å². The van der Waals surface area contributed by atoms with E-state index in [-0.39, 0.29) is 5.91 Å². The Morgan fingerprint density at radius 2 is 2.03 bits per heavy atom. The molecule has 1 amide bonds. The molecule has 31 heavy (non-hydrogen) atoms. The number of carbonyl (C=O) groups excluding carboxylic acids is 1. The number of nitrogens with one attached hydrogen (secondary N) is 1. The zero-order chi connectivity index (χ0) is 22.2. The highest BCUT2D eigenvalue weighted by atomic mass is 16.3. The van der Waals surface area contributed by atoms with E-state index < -0.39 is 0 Å². The first-order chi connectivity index (χ1) is 15.1. The lowest BCUT2D eigenvalue weighted by Gasteiger charge is -2.18. The Labute approximate surface area is 183 Å². The van der Waals surface area contributed by atoms with E-state index in [0.717, 1.165) is 36.9 Å². The summed E-state index contributed by atoms with van der Waals surface area (Å²) in [6.45, 7) is 7.11. The van der Waals surface area contributed by atoms with Crippen LogP contribution < -0.4 is 5.32 Å². The fraction of sp³-hybridized carbons (Fsp3) is 0.320. The second-order valence-corrected chi connectivity index (χ2v) is 7.27. The van der Waals surface area contributed by atoms with Gasteiger partial charge >= 0.3 is 0 Å². The smallest absolute Gasteiger partial charge is 0.255 e. The Morgan fingerprint density at radius 3 is 2.74 bits per heavy atom. The largest absolute Gasteiger partial charge is 0.434 e. The van der Waals surface area contributed by atoms with E-state index in [2.05, 4.69) is 34.2 Å². The summed E-state index contributed by atoms with van der Waals surface area (Å²) in [6.07, 6.45) is 17.5. The number of amides is 1. The van der Waals surface area contributed by atoms with Crippen molar-refractivity contribution in [3.05, 3.63) is 77.8 Å². The number of rotatable bonds is 8. The van der Waals surface area contributed by atoms with Gasteiger partial charge in [0.05, 0.1) is 11.8 Å². The minimum Gasteiger partial charge on any atom is -0.434 e. The first kappa shape index (κ1) is 22.3. The Morgan fingerprint density at radius 1 is 1.23 bits per heavy atom. The zero-order valence-corrected chi connectivity index (χ0v) is 18.7. The number of fused-ring (bicyclic) bond motifs is 1. The average molecular weight is 419 g/mol. The number of aromatic nitrogens is 2. The molecule has 0 radical (unpaired) electrons. The van der Waals surface area contributed by atoms with Gasteiger partial charge in [-0.2, -0.15) is 0 Å². The van der Waals surface area contributed by atoms with Gasteiger partial charge in [-0.15, -0.1) is 0 Å². The van der Waals surface area contributed by atoms with Gasteiger partial charge in [0.15, 0.2) is 5.58 Å². The molecule has 6 nitrogen and oxygen atoms in total. The van der Waals surface area contributed by atoms with Crippen LogP contribution in [0.4, 0.5) is 0 Å². The lowest BCUT2D eigenvalue weighted by molar-refractivity contribution is -0.116. The van der Waals surface area contributed by atoms with Crippen LogP contribution in [-0.2, 0) is 4.79 Å². The number of oxazole rings is 1. The van der Waals surface area contributed by atoms with Gasteiger partial charge in [-0.05, 0) is 38.0 Å². The maximum atomic E-state index is 13.1. The van der Waals surface area contributed by atoms with Crippen LogP contribution in [0.2, 0.25) is 0 Å². The Bertz CT molecular complexity index is 1050. The average Bonchev–Trinajstić information content (AvgIpc) is 3.05. The van der Waals surface area contributed by atoms with Crippen LogP contribution in [0.15, 0.2) is 76.3 Å². The standard InChI is InChI=1S/C25H30N4O2/c1-5-9-20(25-28-22-15-16-26-17-23(22)31-25)21(10-6-2)27-24(30)18-11-8-12-19(14-13-18)29(4)7-3/h8-11,13-17H,5-7,12H2,1-4H3,(H,27,30)/b20-9+,21-10+. The monoisotopic (exact) mass is 418 g/mol. The van der Waals surface area contributed by atoms with Gasteiger partial charge in [0.2, 0.25) is 5.89 Å². The predicted octanol–water partition coefficient (Wildman–Crippen LogP) is 5.15. The molecular weight excluding hydrogens is 388 g/mol. The van der Waals surface area contributed by atoms with Crippen molar-refractivity contribution in [2.75, 3.05) is 13.6 Å². The minimum absolute atomic E-state index is 0.160. The molecule has 2 aromatic rings. The molecule has 0 spiro atoms. The SMILES string of the molecule is CC/C=C(NC(=O)C1=CC=C(N(C)CC)CC=C1)\C(=C/CC)c1nc2ccncc2o1.